The van der Waals surface area contributed by atoms with Gasteiger partial charge in [-0.2, -0.15) is 0 Å². The molecule has 0 bridgehead atoms. The van der Waals surface area contributed by atoms with Crippen LogP contribution in [-0.2, 0) is 38.1 Å². The molecule has 10 heteroatoms. The summed E-state index contributed by atoms with van der Waals surface area (Å²) in [5.41, 5.74) is 0.116. The van der Waals surface area contributed by atoms with E-state index in [0.717, 1.165) is 94.9 Å². The number of hydrogen-bond donors (Lipinski definition) is 0. The molecule has 7 rings (SSSR count). The molecule has 7 fully saturated rings. The van der Waals surface area contributed by atoms with Crippen molar-refractivity contribution in [3.8, 4) is 0 Å². The summed E-state index contributed by atoms with van der Waals surface area (Å²) in [5, 5.41) is 0. The van der Waals surface area contributed by atoms with E-state index >= 15 is 0 Å². The molecule has 4 saturated carbocycles. The van der Waals surface area contributed by atoms with Gasteiger partial charge in [0.25, 0.3) is 0 Å². The quantitative estimate of drug-likeness (QED) is 0.230. The molecular formula is C38H61N2O8+. The third-order valence-corrected chi connectivity index (χ3v) is 15.1. The number of likely N-dealkylation sites (N-methyl/N-ethyl adjacent to an activating group) is 1. The van der Waals surface area contributed by atoms with Crippen LogP contribution in [0.2, 0.25) is 0 Å². The van der Waals surface area contributed by atoms with Crippen LogP contribution in [0.5, 0.6) is 0 Å². The topological polar surface area (TPSA) is 101 Å². The fourth-order valence-corrected chi connectivity index (χ4v) is 12.7. The highest BCUT2D eigenvalue weighted by Crippen LogP contribution is 2.68. The van der Waals surface area contributed by atoms with E-state index in [2.05, 4.69) is 25.8 Å². The summed E-state index contributed by atoms with van der Waals surface area (Å²) in [6.45, 7) is 14.7. The zero-order valence-electron chi connectivity index (χ0n) is 30.4. The van der Waals surface area contributed by atoms with Crippen molar-refractivity contribution in [2.75, 3.05) is 46.4 Å². The summed E-state index contributed by atoms with van der Waals surface area (Å²) in [4.78, 5) is 39.2. The zero-order valence-corrected chi connectivity index (χ0v) is 30.4. The Morgan fingerprint density at radius 1 is 0.750 bits per heavy atom. The van der Waals surface area contributed by atoms with E-state index in [1.165, 1.54) is 13.3 Å². The number of esters is 3. The van der Waals surface area contributed by atoms with Crippen molar-refractivity contribution in [2.24, 2.45) is 34.5 Å². The Balaban J connectivity index is 1.13. The van der Waals surface area contributed by atoms with Gasteiger partial charge in [0.2, 0.25) is 0 Å². The highest BCUT2D eigenvalue weighted by atomic mass is 16.7. The van der Waals surface area contributed by atoms with Gasteiger partial charge in [-0.25, -0.2) is 0 Å². The second-order valence-corrected chi connectivity index (χ2v) is 17.6. The smallest absolute Gasteiger partial charge is 0.303 e. The van der Waals surface area contributed by atoms with E-state index in [1.807, 2.05) is 0 Å². The van der Waals surface area contributed by atoms with Gasteiger partial charge in [-0.05, 0) is 80.5 Å². The van der Waals surface area contributed by atoms with Crippen molar-refractivity contribution >= 4 is 17.9 Å². The number of carbonyl (C=O) groups is 3. The van der Waals surface area contributed by atoms with Gasteiger partial charge in [0.15, 0.2) is 11.9 Å². The fourth-order valence-electron chi connectivity index (χ4n) is 12.7. The van der Waals surface area contributed by atoms with Crippen LogP contribution in [0.4, 0.5) is 0 Å². The van der Waals surface area contributed by atoms with Gasteiger partial charge < -0.3 is 28.2 Å². The Kier molecular flexibility index (Phi) is 9.24. The first-order valence-electron chi connectivity index (χ1n) is 19.1. The molecule has 0 N–H and O–H groups in total. The van der Waals surface area contributed by atoms with Gasteiger partial charge in [0.1, 0.15) is 18.2 Å². The second-order valence-electron chi connectivity index (χ2n) is 17.6. The molecule has 3 heterocycles. The van der Waals surface area contributed by atoms with Crippen molar-refractivity contribution in [3.05, 3.63) is 0 Å². The summed E-state index contributed by atoms with van der Waals surface area (Å²) >= 11 is 0. The fraction of sp³-hybridized carbons (Fsp3) is 0.921. The normalized spacial score (nSPS) is 43.9. The highest BCUT2D eigenvalue weighted by molar-refractivity contribution is 5.67. The minimum Gasteiger partial charge on any atom is -0.462 e. The SMILES string of the molecule is CC(=O)OC1CCN([C@H]2C[C@@]3(C)[C@@H](CC[C@@H]4[C@@H]3CC[C@@]3(C)[C@H]4C[C@H]([N+]4(C)CCC5(CC4)OCCO5)[C@@H]3OC(C)=O)C[C@@H]2OC(C)=O)CC1. The third-order valence-electron chi connectivity index (χ3n) is 15.1. The van der Waals surface area contributed by atoms with E-state index in [4.69, 9.17) is 23.7 Å². The van der Waals surface area contributed by atoms with Gasteiger partial charge >= 0.3 is 17.9 Å². The molecule has 7 aliphatic rings. The lowest BCUT2D eigenvalue weighted by Crippen LogP contribution is -2.63. The maximum absolute atomic E-state index is 12.7. The second kappa shape index (κ2) is 12.8. The van der Waals surface area contributed by atoms with E-state index in [-0.39, 0.29) is 59.1 Å². The van der Waals surface area contributed by atoms with Crippen LogP contribution in [0.1, 0.15) is 105 Å². The average molecular weight is 674 g/mol. The molecule has 0 aromatic carbocycles. The van der Waals surface area contributed by atoms with E-state index < -0.39 is 5.79 Å². The summed E-state index contributed by atoms with van der Waals surface area (Å²) in [5.74, 6) is 1.26. The molecule has 3 aliphatic heterocycles. The van der Waals surface area contributed by atoms with Crippen LogP contribution < -0.4 is 0 Å². The number of rotatable bonds is 5. The number of nitrogens with zero attached hydrogens (tertiary/aromatic N) is 2. The highest BCUT2D eigenvalue weighted by Gasteiger charge is 2.68. The third kappa shape index (κ3) is 6.02. The maximum atomic E-state index is 12.7. The molecule has 0 radical (unpaired) electrons. The molecule has 48 heavy (non-hydrogen) atoms. The summed E-state index contributed by atoms with van der Waals surface area (Å²) in [6, 6.07) is 0.452. The number of quaternary nitrogens is 1. The maximum Gasteiger partial charge on any atom is 0.303 e. The van der Waals surface area contributed by atoms with Crippen LogP contribution in [0, 0.1) is 34.5 Å². The first-order valence-corrected chi connectivity index (χ1v) is 19.1. The van der Waals surface area contributed by atoms with Gasteiger partial charge in [0, 0.05) is 51.7 Å². The molecule has 10 nitrogen and oxygen atoms in total. The molecule has 270 valence electrons. The summed E-state index contributed by atoms with van der Waals surface area (Å²) < 4.78 is 31.2. The van der Waals surface area contributed by atoms with Crippen molar-refractivity contribution in [1.82, 2.24) is 4.90 Å². The Morgan fingerprint density at radius 2 is 1.40 bits per heavy atom. The molecule has 0 aromatic rings. The lowest BCUT2D eigenvalue weighted by molar-refractivity contribution is -0.943. The molecular weight excluding hydrogens is 612 g/mol. The number of ether oxygens (including phenoxy) is 5. The number of likely N-dealkylation sites (tertiary alicyclic amines) is 2. The number of hydrogen-bond acceptors (Lipinski definition) is 9. The van der Waals surface area contributed by atoms with E-state index in [0.29, 0.717) is 36.9 Å². The zero-order chi connectivity index (χ0) is 34.1. The van der Waals surface area contributed by atoms with Gasteiger partial charge in [-0.15, -0.1) is 0 Å². The van der Waals surface area contributed by atoms with Crippen LogP contribution in [0.25, 0.3) is 0 Å². The van der Waals surface area contributed by atoms with Crippen LogP contribution >= 0.6 is 0 Å². The molecule has 1 spiro atoms. The lowest BCUT2D eigenvalue weighted by Gasteiger charge is -2.62. The van der Waals surface area contributed by atoms with E-state index in [9.17, 15) is 14.4 Å². The average Bonchev–Trinajstić information content (AvgIpc) is 3.61. The van der Waals surface area contributed by atoms with Crippen molar-refractivity contribution in [2.45, 2.75) is 141 Å². The predicted octanol–water partition coefficient (Wildman–Crippen LogP) is 4.86. The van der Waals surface area contributed by atoms with Crippen molar-refractivity contribution < 1.29 is 42.6 Å². The Hall–Kier alpha value is -1.75. The molecule has 0 amide bonds. The van der Waals surface area contributed by atoms with Gasteiger partial charge in [-0.1, -0.05) is 13.8 Å². The minimum absolute atomic E-state index is 0.0263. The monoisotopic (exact) mass is 673 g/mol. The van der Waals surface area contributed by atoms with Crippen molar-refractivity contribution in [3.63, 3.8) is 0 Å². The summed E-state index contributed by atoms with van der Waals surface area (Å²) in [7, 11) is 2.39. The minimum atomic E-state index is -0.417. The Morgan fingerprint density at radius 3 is 2.02 bits per heavy atom. The van der Waals surface area contributed by atoms with E-state index in [1.54, 1.807) is 13.8 Å². The van der Waals surface area contributed by atoms with Crippen LogP contribution in [-0.4, -0.2) is 110 Å². The Labute approximate surface area is 287 Å². The Bertz CT molecular complexity index is 1230. The number of piperidine rings is 2. The molecule has 0 unspecified atom stereocenters. The largest absolute Gasteiger partial charge is 0.462 e. The lowest BCUT2D eigenvalue weighted by atomic mass is 9.44. The molecule has 3 saturated heterocycles. The predicted molar refractivity (Wildman–Crippen MR) is 177 cm³/mol. The standard InChI is InChI=1S/C38H61N2O8/c1-24(41)46-28-10-15-39(16-11-28)32-23-37(5)27(21-34(32)47-25(2)42)7-8-29-30(37)9-12-36(4)31(29)22-33(35(36)48-26(3)43)40(6)17-13-38(14-18-40)44-19-20-45-38/h27-35H,7-23H2,1-6H3/q+1/t27-,29+,30-,31-,32-,33-,34-,35-,36-,37-/m0/s1. The first kappa shape index (κ1) is 34.7. The first-order chi connectivity index (χ1) is 22.8. The molecule has 0 aromatic heterocycles. The molecule has 4 aliphatic carbocycles. The van der Waals surface area contributed by atoms with Gasteiger partial charge in [-0.3, -0.25) is 19.3 Å². The van der Waals surface area contributed by atoms with Crippen molar-refractivity contribution in [1.29, 1.82) is 0 Å². The van der Waals surface area contributed by atoms with Crippen LogP contribution in [0.3, 0.4) is 0 Å². The number of fused-ring (bicyclic) bond motifs is 5. The number of carbonyl (C=O) groups excluding carboxylic acids is 3. The summed E-state index contributed by atoms with van der Waals surface area (Å²) in [6.07, 6.45) is 10.9. The molecule has 10 atom stereocenters. The van der Waals surface area contributed by atoms with Crippen LogP contribution in [0.15, 0.2) is 0 Å². The van der Waals surface area contributed by atoms with Gasteiger partial charge in [0.05, 0.1) is 46.2 Å².